The Bertz CT molecular complexity index is 563. The lowest BCUT2D eigenvalue weighted by molar-refractivity contribution is 0.766. The van der Waals surface area contributed by atoms with Crippen LogP contribution in [-0.4, -0.2) is 32.8 Å². The maximum Gasteiger partial charge on any atom is 0.132 e. The van der Waals surface area contributed by atoms with Crippen LogP contribution in [0.4, 0.5) is 11.6 Å². The average Bonchev–Trinajstić information content (AvgIpc) is 2.90. The summed E-state index contributed by atoms with van der Waals surface area (Å²) in [6.45, 7) is 5.97. The van der Waals surface area contributed by atoms with Gasteiger partial charge in [-0.05, 0) is 18.4 Å². The van der Waals surface area contributed by atoms with Crippen molar-refractivity contribution in [2.24, 2.45) is 7.05 Å². The van der Waals surface area contributed by atoms with E-state index in [0.717, 1.165) is 49.8 Å². The van der Waals surface area contributed by atoms with Crippen LogP contribution >= 0.6 is 0 Å². The largest absolute Gasteiger partial charge is 0.370 e. The Labute approximate surface area is 126 Å². The van der Waals surface area contributed by atoms with Gasteiger partial charge in [0.15, 0.2) is 0 Å². The highest BCUT2D eigenvalue weighted by Gasteiger charge is 2.03. The van der Waals surface area contributed by atoms with Crippen molar-refractivity contribution in [2.45, 2.75) is 33.1 Å². The zero-order valence-electron chi connectivity index (χ0n) is 13.1. The van der Waals surface area contributed by atoms with E-state index in [1.54, 1.807) is 0 Å². The topological polar surface area (TPSA) is 67.7 Å². The van der Waals surface area contributed by atoms with E-state index in [0.29, 0.717) is 0 Å². The Kier molecular flexibility index (Phi) is 5.54. The van der Waals surface area contributed by atoms with E-state index in [9.17, 15) is 0 Å². The molecule has 0 radical (unpaired) electrons. The van der Waals surface area contributed by atoms with Gasteiger partial charge in [-0.15, -0.1) is 0 Å². The number of aryl methyl sites for hydroxylation is 2. The highest BCUT2D eigenvalue weighted by molar-refractivity contribution is 5.47. The molecule has 6 nitrogen and oxygen atoms in total. The van der Waals surface area contributed by atoms with Crippen molar-refractivity contribution in [3.8, 4) is 0 Å². The predicted octanol–water partition coefficient (Wildman–Crippen LogP) is 2.25. The van der Waals surface area contributed by atoms with Crippen LogP contribution in [0.15, 0.2) is 18.5 Å². The van der Waals surface area contributed by atoms with Crippen LogP contribution in [-0.2, 0) is 19.9 Å². The van der Waals surface area contributed by atoms with Crippen LogP contribution in [0.2, 0.25) is 0 Å². The number of nitrogens with one attached hydrogen (secondary N) is 2. The third-order valence-corrected chi connectivity index (χ3v) is 3.12. The van der Waals surface area contributed by atoms with Gasteiger partial charge in [0.25, 0.3) is 0 Å². The number of hydrogen-bond acceptors (Lipinski definition) is 5. The van der Waals surface area contributed by atoms with Crippen molar-refractivity contribution >= 4 is 11.6 Å². The van der Waals surface area contributed by atoms with Gasteiger partial charge in [-0.3, -0.25) is 4.68 Å². The summed E-state index contributed by atoms with van der Waals surface area (Å²) < 4.78 is 1.82. The minimum absolute atomic E-state index is 0.832. The number of hydrogen-bond donors (Lipinski definition) is 2. The molecule has 0 aliphatic carbocycles. The van der Waals surface area contributed by atoms with Crippen molar-refractivity contribution in [3.05, 3.63) is 29.8 Å². The first-order valence-corrected chi connectivity index (χ1v) is 7.54. The van der Waals surface area contributed by atoms with E-state index in [1.807, 2.05) is 30.2 Å². The monoisotopic (exact) mass is 288 g/mol. The van der Waals surface area contributed by atoms with Gasteiger partial charge in [0.2, 0.25) is 0 Å². The molecule has 0 unspecified atom stereocenters. The van der Waals surface area contributed by atoms with Crippen LogP contribution in [0.3, 0.4) is 0 Å². The molecule has 0 bridgehead atoms. The molecule has 114 valence electrons. The molecule has 2 heterocycles. The molecule has 0 fully saturated rings. The first-order valence-electron chi connectivity index (χ1n) is 7.54. The van der Waals surface area contributed by atoms with Gasteiger partial charge in [0.05, 0.1) is 6.20 Å². The molecule has 0 saturated carbocycles. The van der Waals surface area contributed by atoms with Crippen LogP contribution in [0.25, 0.3) is 0 Å². The van der Waals surface area contributed by atoms with Gasteiger partial charge in [0, 0.05) is 38.8 Å². The molecule has 0 saturated heterocycles. The molecule has 2 aromatic heterocycles. The number of nitrogens with zero attached hydrogens (tertiary/aromatic N) is 4. The summed E-state index contributed by atoms with van der Waals surface area (Å²) in [5.41, 5.74) is 1.22. The van der Waals surface area contributed by atoms with E-state index in [2.05, 4.69) is 39.5 Å². The lowest BCUT2D eigenvalue weighted by Crippen LogP contribution is -2.10. The highest BCUT2D eigenvalue weighted by Crippen LogP contribution is 2.12. The molecular weight excluding hydrogens is 264 g/mol. The van der Waals surface area contributed by atoms with E-state index in [1.165, 1.54) is 5.56 Å². The van der Waals surface area contributed by atoms with Crippen LogP contribution in [0, 0.1) is 0 Å². The van der Waals surface area contributed by atoms with Gasteiger partial charge >= 0.3 is 0 Å². The van der Waals surface area contributed by atoms with Gasteiger partial charge in [0.1, 0.15) is 17.5 Å². The highest BCUT2D eigenvalue weighted by atomic mass is 15.2. The Morgan fingerprint density at radius 1 is 1.10 bits per heavy atom. The average molecular weight is 288 g/mol. The smallest absolute Gasteiger partial charge is 0.132 e. The summed E-state index contributed by atoms with van der Waals surface area (Å²) >= 11 is 0. The molecule has 21 heavy (non-hydrogen) atoms. The molecule has 0 atom stereocenters. The number of anilines is 2. The van der Waals surface area contributed by atoms with Crippen molar-refractivity contribution in [3.63, 3.8) is 0 Å². The van der Waals surface area contributed by atoms with Gasteiger partial charge in [-0.1, -0.05) is 13.8 Å². The molecule has 2 N–H and O–H groups in total. The number of rotatable bonds is 8. The fourth-order valence-electron chi connectivity index (χ4n) is 2.03. The van der Waals surface area contributed by atoms with E-state index < -0.39 is 0 Å². The van der Waals surface area contributed by atoms with Gasteiger partial charge in [-0.2, -0.15) is 5.10 Å². The predicted molar refractivity (Wildman–Crippen MR) is 85.6 cm³/mol. The third-order valence-electron chi connectivity index (χ3n) is 3.12. The minimum Gasteiger partial charge on any atom is -0.370 e. The van der Waals surface area contributed by atoms with E-state index in [-0.39, 0.29) is 0 Å². The van der Waals surface area contributed by atoms with Crippen molar-refractivity contribution in [2.75, 3.05) is 23.7 Å². The van der Waals surface area contributed by atoms with Crippen LogP contribution in [0.5, 0.6) is 0 Å². The van der Waals surface area contributed by atoms with E-state index in [4.69, 9.17) is 0 Å². The fourth-order valence-corrected chi connectivity index (χ4v) is 2.03. The first-order chi connectivity index (χ1) is 10.2. The summed E-state index contributed by atoms with van der Waals surface area (Å²) in [7, 11) is 1.93. The van der Waals surface area contributed by atoms with Gasteiger partial charge < -0.3 is 10.6 Å². The van der Waals surface area contributed by atoms with E-state index >= 15 is 0 Å². The maximum absolute atomic E-state index is 4.51. The summed E-state index contributed by atoms with van der Waals surface area (Å²) in [5, 5.41) is 10.9. The molecular formula is C15H24N6. The van der Waals surface area contributed by atoms with Crippen LogP contribution < -0.4 is 10.6 Å². The Balaban J connectivity index is 1.94. The SMILES string of the molecule is CCCNc1cc(NCCc2cnn(C)c2)nc(CC)n1. The molecule has 0 spiro atoms. The fraction of sp³-hybridized carbons (Fsp3) is 0.533. The van der Waals surface area contributed by atoms with Crippen molar-refractivity contribution < 1.29 is 0 Å². The molecule has 0 aliphatic rings. The quantitative estimate of drug-likeness (QED) is 0.780. The zero-order valence-corrected chi connectivity index (χ0v) is 13.1. The Morgan fingerprint density at radius 3 is 2.38 bits per heavy atom. The van der Waals surface area contributed by atoms with Crippen molar-refractivity contribution in [1.82, 2.24) is 19.7 Å². The molecule has 0 aromatic carbocycles. The molecule has 6 heteroatoms. The summed E-state index contributed by atoms with van der Waals surface area (Å²) in [6.07, 6.45) is 6.77. The second-order valence-corrected chi connectivity index (χ2v) is 5.03. The normalized spacial score (nSPS) is 10.6. The van der Waals surface area contributed by atoms with Crippen LogP contribution in [0.1, 0.15) is 31.7 Å². The minimum atomic E-state index is 0.832. The molecule has 0 amide bonds. The zero-order chi connectivity index (χ0) is 15.1. The lowest BCUT2D eigenvalue weighted by atomic mass is 10.2. The number of aromatic nitrogens is 4. The second kappa shape index (κ2) is 7.61. The third kappa shape index (κ3) is 4.73. The molecule has 2 rings (SSSR count). The maximum atomic E-state index is 4.51. The summed E-state index contributed by atoms with van der Waals surface area (Å²) in [6, 6.07) is 1.97. The summed E-state index contributed by atoms with van der Waals surface area (Å²) in [5.74, 6) is 2.64. The molecule has 2 aromatic rings. The molecule has 0 aliphatic heterocycles. The second-order valence-electron chi connectivity index (χ2n) is 5.03. The Morgan fingerprint density at radius 2 is 1.81 bits per heavy atom. The lowest BCUT2D eigenvalue weighted by Gasteiger charge is -2.10. The standard InChI is InChI=1S/C15H24N6/c1-4-7-16-14-9-15(20-13(5-2)19-14)17-8-6-12-10-18-21(3)11-12/h9-11H,4-8H2,1-3H3,(H2,16,17,19,20). The summed E-state index contributed by atoms with van der Waals surface area (Å²) in [4.78, 5) is 9.00. The Hall–Kier alpha value is -2.11. The van der Waals surface area contributed by atoms with Crippen molar-refractivity contribution in [1.29, 1.82) is 0 Å². The van der Waals surface area contributed by atoms with Gasteiger partial charge in [-0.25, -0.2) is 9.97 Å². The first kappa shape index (κ1) is 15.3.